The Morgan fingerprint density at radius 3 is 2.42 bits per heavy atom. The van der Waals surface area contributed by atoms with Crippen molar-refractivity contribution in [2.75, 3.05) is 10.6 Å². The number of anilines is 2. The van der Waals surface area contributed by atoms with Crippen LogP contribution in [0.5, 0.6) is 0 Å². The highest BCUT2D eigenvalue weighted by Gasteiger charge is 2.21. The van der Waals surface area contributed by atoms with Crippen molar-refractivity contribution in [1.29, 1.82) is 0 Å². The van der Waals surface area contributed by atoms with Crippen LogP contribution >= 0.6 is 0 Å². The lowest BCUT2D eigenvalue weighted by atomic mass is 9.98. The van der Waals surface area contributed by atoms with Crippen LogP contribution in [0, 0.1) is 12.7 Å². The Balaban J connectivity index is 2.32. The van der Waals surface area contributed by atoms with E-state index in [4.69, 9.17) is 0 Å². The zero-order chi connectivity index (χ0) is 24.9. The topological polar surface area (TPSA) is 76.0 Å². The van der Waals surface area contributed by atoms with Crippen LogP contribution in [-0.4, -0.2) is 21.6 Å². The van der Waals surface area contributed by atoms with Crippen LogP contribution in [0.25, 0.3) is 5.57 Å². The Hall–Kier alpha value is -3.48. The maximum Gasteiger partial charge on any atom is 0.323 e. The first-order valence-electron chi connectivity index (χ1n) is 10.9. The van der Waals surface area contributed by atoms with E-state index in [0.717, 1.165) is 17.6 Å². The summed E-state index contributed by atoms with van der Waals surface area (Å²) in [5.41, 5.74) is 3.29. The Labute approximate surface area is 195 Å². The predicted molar refractivity (Wildman–Crippen MR) is 133 cm³/mol. The number of nitrogens with one attached hydrogen (secondary N) is 2. The number of halogens is 1. The Morgan fingerprint density at radius 1 is 1.21 bits per heavy atom. The molecule has 0 atom stereocenters. The molecule has 1 aromatic carbocycles. The lowest BCUT2D eigenvalue weighted by Crippen LogP contribution is -2.22. The van der Waals surface area contributed by atoms with Crippen molar-refractivity contribution in [2.24, 2.45) is 0 Å². The maximum absolute atomic E-state index is 14.7. The van der Waals surface area contributed by atoms with Crippen LogP contribution in [0.3, 0.4) is 0 Å². The lowest BCUT2D eigenvalue weighted by molar-refractivity contribution is 0.101. The van der Waals surface area contributed by atoms with Crippen molar-refractivity contribution in [2.45, 2.75) is 60.4 Å². The van der Waals surface area contributed by atoms with E-state index in [1.54, 1.807) is 23.9 Å². The fraction of sp³-hybridized carbons (Fsp3) is 0.346. The molecule has 0 aliphatic carbocycles. The van der Waals surface area contributed by atoms with Crippen molar-refractivity contribution >= 4 is 28.8 Å². The van der Waals surface area contributed by atoms with Crippen molar-refractivity contribution in [3.63, 3.8) is 0 Å². The normalized spacial score (nSPS) is 12.2. The average Bonchev–Trinajstić information content (AvgIpc) is 3.15. The minimum absolute atomic E-state index is 0.161. The molecular weight excluding hydrogens is 419 g/mol. The third-order valence-electron chi connectivity index (χ3n) is 5.16. The molecule has 0 aliphatic heterocycles. The van der Waals surface area contributed by atoms with Gasteiger partial charge in [0.05, 0.1) is 11.2 Å². The number of hydrogen-bond acceptors (Lipinski definition) is 3. The zero-order valence-corrected chi connectivity index (χ0v) is 20.5. The molecule has 2 rings (SSSR count). The highest BCUT2D eigenvalue weighted by molar-refractivity contribution is 6.05. The number of amides is 2. The minimum Gasteiger partial charge on any atom is -0.308 e. The summed E-state index contributed by atoms with van der Waals surface area (Å²) in [5.74, 6) is -0.704. The van der Waals surface area contributed by atoms with Crippen LogP contribution in [0.1, 0.15) is 69.6 Å². The number of Topliss-reactive ketones (excluding diaryl/α,β-unsaturated/α-hetero) is 1. The quantitative estimate of drug-likeness (QED) is 0.356. The van der Waals surface area contributed by atoms with Gasteiger partial charge in [-0.05, 0) is 69.9 Å². The third-order valence-corrected chi connectivity index (χ3v) is 5.16. The number of rotatable bonds is 7. The van der Waals surface area contributed by atoms with Gasteiger partial charge in [0, 0.05) is 18.8 Å². The van der Waals surface area contributed by atoms with E-state index in [9.17, 15) is 14.0 Å². The molecule has 0 spiro atoms. The van der Waals surface area contributed by atoms with Crippen LogP contribution < -0.4 is 10.6 Å². The molecule has 0 aliphatic rings. The van der Waals surface area contributed by atoms with Crippen molar-refractivity contribution in [3.05, 3.63) is 71.3 Å². The predicted octanol–water partition coefficient (Wildman–Crippen LogP) is 6.86. The number of ketones is 1. The number of aromatic nitrogens is 2. The molecule has 0 bridgehead atoms. The molecule has 2 N–H and O–H groups in total. The Kier molecular flexibility index (Phi) is 8.14. The summed E-state index contributed by atoms with van der Waals surface area (Å²) in [4.78, 5) is 24.7. The van der Waals surface area contributed by atoms with Crippen LogP contribution in [0.2, 0.25) is 0 Å². The summed E-state index contributed by atoms with van der Waals surface area (Å²) in [6.07, 6.45) is 8.09. The SMILES string of the molecule is C=C(/C=C\C(=C/C)c1cc(NC(=O)Nc2cn(C(C)(C)C)nc2C(C)=O)cc(F)c1C)CC. The smallest absolute Gasteiger partial charge is 0.308 e. The van der Waals surface area contributed by atoms with Crippen molar-refractivity contribution in [3.8, 4) is 0 Å². The Morgan fingerprint density at radius 2 is 1.88 bits per heavy atom. The van der Waals surface area contributed by atoms with E-state index >= 15 is 0 Å². The molecule has 0 radical (unpaired) electrons. The standard InChI is InChI=1S/C26H33FN4O2/c1-9-16(3)11-12-19(10-2)21-13-20(14-22(27)17(21)4)28-25(33)29-23-15-31(26(6,7)8)30-24(23)18(5)32/h10-15H,3,9H2,1-2,4-8H3,(H2,28,29,33)/b12-11-,19-10+. The van der Waals surface area contributed by atoms with Gasteiger partial charge in [0.25, 0.3) is 0 Å². The first kappa shape index (κ1) is 25.8. The van der Waals surface area contributed by atoms with E-state index in [0.29, 0.717) is 16.8 Å². The molecule has 0 unspecified atom stereocenters. The molecule has 7 heteroatoms. The molecule has 1 heterocycles. The van der Waals surface area contributed by atoms with Gasteiger partial charge in [-0.3, -0.25) is 9.48 Å². The van der Waals surface area contributed by atoms with Gasteiger partial charge >= 0.3 is 6.03 Å². The van der Waals surface area contributed by atoms with Gasteiger partial charge in [-0.1, -0.05) is 37.3 Å². The van der Waals surface area contributed by atoms with E-state index in [-0.39, 0.29) is 22.7 Å². The fourth-order valence-electron chi connectivity index (χ4n) is 3.07. The van der Waals surface area contributed by atoms with E-state index in [1.165, 1.54) is 13.0 Å². The number of allylic oxidation sites excluding steroid dienone is 5. The molecule has 33 heavy (non-hydrogen) atoms. The molecule has 6 nitrogen and oxygen atoms in total. The number of hydrogen-bond donors (Lipinski definition) is 2. The number of benzene rings is 1. The number of nitrogens with zero attached hydrogens (tertiary/aromatic N) is 2. The molecule has 176 valence electrons. The van der Waals surface area contributed by atoms with Crippen LogP contribution in [0.15, 0.2) is 48.7 Å². The summed E-state index contributed by atoms with van der Waals surface area (Å²) in [6, 6.07) is 2.39. The highest BCUT2D eigenvalue weighted by atomic mass is 19.1. The van der Waals surface area contributed by atoms with Gasteiger partial charge < -0.3 is 10.6 Å². The van der Waals surface area contributed by atoms with Gasteiger partial charge in [0.2, 0.25) is 0 Å². The van der Waals surface area contributed by atoms with E-state index in [1.807, 2.05) is 52.8 Å². The molecule has 0 saturated heterocycles. The van der Waals surface area contributed by atoms with Crippen molar-refractivity contribution < 1.29 is 14.0 Å². The van der Waals surface area contributed by atoms with Gasteiger partial charge in [-0.2, -0.15) is 5.10 Å². The lowest BCUT2D eigenvalue weighted by Gasteiger charge is -2.18. The summed E-state index contributed by atoms with van der Waals surface area (Å²) in [7, 11) is 0. The molecule has 2 aromatic rings. The molecular formula is C26H33FN4O2. The summed E-state index contributed by atoms with van der Waals surface area (Å²) >= 11 is 0. The van der Waals surface area contributed by atoms with E-state index < -0.39 is 11.8 Å². The fourth-order valence-corrected chi connectivity index (χ4v) is 3.07. The summed E-state index contributed by atoms with van der Waals surface area (Å²) in [6.45, 7) is 16.7. The summed E-state index contributed by atoms with van der Waals surface area (Å²) < 4.78 is 16.3. The highest BCUT2D eigenvalue weighted by Crippen LogP contribution is 2.27. The average molecular weight is 453 g/mol. The monoisotopic (exact) mass is 452 g/mol. The number of carbonyl (C=O) groups excluding carboxylic acids is 2. The third kappa shape index (κ3) is 6.51. The summed E-state index contributed by atoms with van der Waals surface area (Å²) in [5, 5.41) is 9.62. The maximum atomic E-state index is 14.7. The van der Waals surface area contributed by atoms with Crippen molar-refractivity contribution in [1.82, 2.24) is 9.78 Å². The zero-order valence-electron chi connectivity index (χ0n) is 20.5. The molecule has 2 amide bonds. The van der Waals surface area contributed by atoms with E-state index in [2.05, 4.69) is 22.3 Å². The van der Waals surface area contributed by atoms with Gasteiger partial charge in [0.1, 0.15) is 5.82 Å². The number of carbonyl (C=O) groups is 2. The van der Waals surface area contributed by atoms with Crippen LogP contribution in [-0.2, 0) is 5.54 Å². The molecule has 0 fully saturated rings. The van der Waals surface area contributed by atoms with Gasteiger partial charge in [-0.15, -0.1) is 0 Å². The van der Waals surface area contributed by atoms with Crippen LogP contribution in [0.4, 0.5) is 20.6 Å². The largest absolute Gasteiger partial charge is 0.323 e. The Bertz CT molecular complexity index is 1130. The minimum atomic E-state index is -0.600. The second-order valence-corrected chi connectivity index (χ2v) is 8.86. The first-order valence-corrected chi connectivity index (χ1v) is 10.9. The molecule has 1 aromatic heterocycles. The number of urea groups is 1. The van der Waals surface area contributed by atoms with Gasteiger partial charge in [-0.25, -0.2) is 9.18 Å². The van der Waals surface area contributed by atoms with Gasteiger partial charge in [0.15, 0.2) is 11.5 Å². The second kappa shape index (κ2) is 10.4. The molecule has 0 saturated carbocycles. The second-order valence-electron chi connectivity index (χ2n) is 8.86. The first-order chi connectivity index (χ1) is 15.4.